The summed E-state index contributed by atoms with van der Waals surface area (Å²) in [5.74, 6) is 0. The van der Waals surface area contributed by atoms with E-state index < -0.39 is 0 Å². The van der Waals surface area contributed by atoms with Crippen LogP contribution in [-0.4, -0.2) is 29.9 Å². The quantitative estimate of drug-likeness (QED) is 0.479. The predicted molar refractivity (Wildman–Crippen MR) is 86.0 cm³/mol. The number of hydrogen-bond donors (Lipinski definition) is 0. The average molecular weight is 266 g/mol. The largest absolute Gasteiger partial charge is 0.356 e. The molecule has 1 rings (SSSR count). The summed E-state index contributed by atoms with van der Waals surface area (Å²) in [7, 11) is 0. The highest BCUT2D eigenvalue weighted by atomic mass is 15.3. The van der Waals surface area contributed by atoms with E-state index >= 15 is 0 Å². The third kappa shape index (κ3) is 5.97. The van der Waals surface area contributed by atoms with Crippen LogP contribution in [0.2, 0.25) is 0 Å². The van der Waals surface area contributed by atoms with Crippen molar-refractivity contribution in [2.75, 3.05) is 13.1 Å². The second-order valence-corrected chi connectivity index (χ2v) is 6.33. The molecule has 0 radical (unpaired) electrons. The smallest absolute Gasteiger partial charge is 0.0855 e. The van der Waals surface area contributed by atoms with E-state index in [0.717, 1.165) is 13.1 Å². The van der Waals surface area contributed by atoms with Crippen molar-refractivity contribution in [2.24, 2.45) is 4.99 Å². The lowest BCUT2D eigenvalue weighted by atomic mass is 9.86. The van der Waals surface area contributed by atoms with Crippen LogP contribution in [0.25, 0.3) is 0 Å². The third-order valence-corrected chi connectivity index (χ3v) is 4.52. The van der Waals surface area contributed by atoms with Gasteiger partial charge in [-0.3, -0.25) is 4.99 Å². The van der Waals surface area contributed by atoms with E-state index in [1.807, 2.05) is 0 Å². The summed E-state index contributed by atoms with van der Waals surface area (Å²) in [5, 5.41) is 0. The van der Waals surface area contributed by atoms with Gasteiger partial charge < -0.3 is 4.90 Å². The summed E-state index contributed by atoms with van der Waals surface area (Å²) in [6, 6.07) is 0. The van der Waals surface area contributed by atoms with E-state index in [4.69, 9.17) is 0 Å². The minimum atomic E-state index is 0.363. The second-order valence-electron chi connectivity index (χ2n) is 6.33. The monoisotopic (exact) mass is 266 g/mol. The Labute approximate surface area is 120 Å². The Morgan fingerprint density at radius 1 is 0.947 bits per heavy atom. The fourth-order valence-electron chi connectivity index (χ4n) is 3.07. The van der Waals surface area contributed by atoms with Crippen molar-refractivity contribution in [3.8, 4) is 0 Å². The first kappa shape index (κ1) is 16.5. The average Bonchev–Trinajstić information content (AvgIpc) is 2.95. The molecule has 0 amide bonds. The van der Waals surface area contributed by atoms with Gasteiger partial charge in [-0.25, -0.2) is 0 Å². The Morgan fingerprint density at radius 3 is 1.95 bits per heavy atom. The van der Waals surface area contributed by atoms with Crippen LogP contribution in [0, 0.1) is 0 Å². The summed E-state index contributed by atoms with van der Waals surface area (Å²) in [6.45, 7) is 9.17. The molecule has 2 nitrogen and oxygen atoms in total. The topological polar surface area (TPSA) is 15.6 Å². The molecule has 1 aliphatic rings. The summed E-state index contributed by atoms with van der Waals surface area (Å²) in [6.07, 6.45) is 15.8. The highest BCUT2D eigenvalue weighted by Crippen LogP contribution is 2.29. The van der Waals surface area contributed by atoms with Gasteiger partial charge in [0.15, 0.2) is 0 Å². The fraction of sp³-hybridized carbons (Fsp3) is 0.941. The molecule has 0 N–H and O–H groups in total. The van der Waals surface area contributed by atoms with Crippen LogP contribution in [-0.2, 0) is 0 Å². The number of unbranched alkanes of at least 4 members (excludes halogenated alkanes) is 6. The molecule has 1 aliphatic heterocycles. The zero-order valence-electron chi connectivity index (χ0n) is 13.5. The van der Waals surface area contributed by atoms with Crippen LogP contribution in [0.5, 0.6) is 0 Å². The zero-order valence-corrected chi connectivity index (χ0v) is 13.5. The van der Waals surface area contributed by atoms with Gasteiger partial charge >= 0.3 is 0 Å². The highest BCUT2D eigenvalue weighted by molar-refractivity contribution is 5.58. The predicted octanol–water partition coefficient (Wildman–Crippen LogP) is 5.03. The third-order valence-electron chi connectivity index (χ3n) is 4.52. The molecule has 19 heavy (non-hydrogen) atoms. The molecule has 0 saturated heterocycles. The molecule has 2 heteroatoms. The molecule has 0 saturated carbocycles. The highest BCUT2D eigenvalue weighted by Gasteiger charge is 2.30. The fourth-order valence-corrected chi connectivity index (χ4v) is 3.07. The van der Waals surface area contributed by atoms with Gasteiger partial charge in [0.1, 0.15) is 0 Å². The molecule has 0 aromatic heterocycles. The Hall–Kier alpha value is -0.530. The number of aliphatic imine (C=N–C) groups is 1. The Kier molecular flexibility index (Phi) is 8.16. The van der Waals surface area contributed by atoms with Crippen LogP contribution in [0.15, 0.2) is 4.99 Å². The second kappa shape index (κ2) is 9.39. The molecule has 0 aromatic carbocycles. The molecule has 1 heterocycles. The van der Waals surface area contributed by atoms with Crippen molar-refractivity contribution in [3.63, 3.8) is 0 Å². The van der Waals surface area contributed by atoms with Crippen LogP contribution in [0.1, 0.15) is 85.0 Å². The molecular weight excluding hydrogens is 232 g/mol. The molecule has 0 fully saturated rings. The van der Waals surface area contributed by atoms with E-state index in [0.29, 0.717) is 5.54 Å². The lowest BCUT2D eigenvalue weighted by Crippen LogP contribution is -2.44. The van der Waals surface area contributed by atoms with Gasteiger partial charge in [0, 0.05) is 12.1 Å². The van der Waals surface area contributed by atoms with Crippen molar-refractivity contribution >= 4 is 6.34 Å². The summed E-state index contributed by atoms with van der Waals surface area (Å²) >= 11 is 0. The van der Waals surface area contributed by atoms with Crippen molar-refractivity contribution in [3.05, 3.63) is 0 Å². The van der Waals surface area contributed by atoms with E-state index in [2.05, 4.69) is 37.0 Å². The normalized spacial score (nSPS) is 15.4. The van der Waals surface area contributed by atoms with Gasteiger partial charge in [-0.1, -0.05) is 65.2 Å². The standard InChI is InChI=1S/C17H34N2/c1-4-6-8-10-12-17(3,13-11-9-7-5-2)19-15-14-18-16-19/h16H,4-15H2,1-3H3. The van der Waals surface area contributed by atoms with Crippen molar-refractivity contribution in [1.82, 2.24) is 4.90 Å². The first-order chi connectivity index (χ1) is 9.23. The van der Waals surface area contributed by atoms with E-state index in [9.17, 15) is 0 Å². The van der Waals surface area contributed by atoms with E-state index in [1.54, 1.807) is 0 Å². The Balaban J connectivity index is 2.39. The summed E-state index contributed by atoms with van der Waals surface area (Å²) in [5.41, 5.74) is 0.363. The van der Waals surface area contributed by atoms with Gasteiger partial charge in [0.25, 0.3) is 0 Å². The maximum atomic E-state index is 4.42. The summed E-state index contributed by atoms with van der Waals surface area (Å²) < 4.78 is 0. The summed E-state index contributed by atoms with van der Waals surface area (Å²) in [4.78, 5) is 6.94. The van der Waals surface area contributed by atoms with Gasteiger partial charge in [-0.15, -0.1) is 0 Å². The van der Waals surface area contributed by atoms with Crippen molar-refractivity contribution in [1.29, 1.82) is 0 Å². The van der Waals surface area contributed by atoms with E-state index in [1.165, 1.54) is 64.2 Å². The number of hydrogen-bond acceptors (Lipinski definition) is 2. The van der Waals surface area contributed by atoms with Crippen molar-refractivity contribution in [2.45, 2.75) is 90.5 Å². The minimum Gasteiger partial charge on any atom is -0.356 e. The van der Waals surface area contributed by atoms with Crippen LogP contribution >= 0.6 is 0 Å². The van der Waals surface area contributed by atoms with Gasteiger partial charge in [-0.05, 0) is 19.8 Å². The zero-order chi connectivity index (χ0) is 14.0. The van der Waals surface area contributed by atoms with Crippen LogP contribution in [0.3, 0.4) is 0 Å². The van der Waals surface area contributed by atoms with Gasteiger partial charge in [0.2, 0.25) is 0 Å². The molecule has 0 aromatic rings. The van der Waals surface area contributed by atoms with E-state index in [-0.39, 0.29) is 0 Å². The first-order valence-corrected chi connectivity index (χ1v) is 8.49. The van der Waals surface area contributed by atoms with Gasteiger partial charge in [-0.2, -0.15) is 0 Å². The number of rotatable bonds is 11. The molecule has 0 spiro atoms. The maximum Gasteiger partial charge on any atom is 0.0855 e. The first-order valence-electron chi connectivity index (χ1n) is 8.49. The Bertz CT molecular complexity index is 236. The lowest BCUT2D eigenvalue weighted by molar-refractivity contribution is 0.174. The minimum absolute atomic E-state index is 0.363. The molecule has 0 unspecified atom stereocenters. The van der Waals surface area contributed by atoms with Crippen LogP contribution < -0.4 is 0 Å². The van der Waals surface area contributed by atoms with Crippen molar-refractivity contribution < 1.29 is 0 Å². The van der Waals surface area contributed by atoms with Crippen LogP contribution in [0.4, 0.5) is 0 Å². The maximum absolute atomic E-state index is 4.42. The molecule has 0 atom stereocenters. The lowest BCUT2D eigenvalue weighted by Gasteiger charge is -2.39. The molecule has 112 valence electrons. The molecular formula is C17H34N2. The molecule has 0 bridgehead atoms. The Morgan fingerprint density at radius 2 is 1.53 bits per heavy atom. The molecule has 0 aliphatic carbocycles. The number of nitrogens with zero attached hydrogens (tertiary/aromatic N) is 2. The van der Waals surface area contributed by atoms with Gasteiger partial charge in [0.05, 0.1) is 12.9 Å². The SMILES string of the molecule is CCCCCCC(C)(CCCCCC)N1C=NCC1.